The van der Waals surface area contributed by atoms with Gasteiger partial charge in [0.1, 0.15) is 5.60 Å². The van der Waals surface area contributed by atoms with E-state index in [0.29, 0.717) is 0 Å². The van der Waals surface area contributed by atoms with Crippen LogP contribution >= 0.6 is 0 Å². The van der Waals surface area contributed by atoms with Crippen molar-refractivity contribution in [2.24, 2.45) is 0 Å². The Labute approximate surface area is 151 Å². The van der Waals surface area contributed by atoms with Gasteiger partial charge >= 0.3 is 6.09 Å². The Hall–Kier alpha value is -2.23. The fraction of sp³-hybridized carbons (Fsp3) is 0.476. The number of aromatic nitrogens is 1. The molecule has 0 aliphatic heterocycles. The molecule has 0 bridgehead atoms. The Bertz CT molecular complexity index is 734. The van der Waals surface area contributed by atoms with Crippen LogP contribution in [0.5, 0.6) is 0 Å². The molecule has 0 saturated heterocycles. The SMILES string of the molecule is Cc1c(CC(C)NC(=O)OC(C)(C)C)cccc1-n1c(C)ccc1C. The normalized spacial score (nSPS) is 12.8. The first-order chi connectivity index (χ1) is 11.6. The molecule has 1 amide bonds. The maximum atomic E-state index is 11.9. The highest BCUT2D eigenvalue weighted by atomic mass is 16.6. The molecule has 1 atom stereocenters. The van der Waals surface area contributed by atoms with Crippen molar-refractivity contribution >= 4 is 6.09 Å². The highest BCUT2D eigenvalue weighted by Crippen LogP contribution is 2.23. The predicted octanol–water partition coefficient (Wildman–Crippen LogP) is 4.86. The number of aryl methyl sites for hydroxylation is 2. The van der Waals surface area contributed by atoms with E-state index in [0.717, 1.165) is 6.42 Å². The van der Waals surface area contributed by atoms with Crippen molar-refractivity contribution in [3.05, 3.63) is 52.8 Å². The molecule has 0 aliphatic carbocycles. The summed E-state index contributed by atoms with van der Waals surface area (Å²) < 4.78 is 7.60. The van der Waals surface area contributed by atoms with E-state index < -0.39 is 5.60 Å². The minimum absolute atomic E-state index is 0.00402. The molecule has 4 heteroatoms. The lowest BCUT2D eigenvalue weighted by Gasteiger charge is -2.23. The van der Waals surface area contributed by atoms with Gasteiger partial charge in [-0.3, -0.25) is 0 Å². The van der Waals surface area contributed by atoms with Gasteiger partial charge < -0.3 is 14.6 Å². The number of hydrogen-bond acceptors (Lipinski definition) is 2. The predicted molar refractivity (Wildman–Crippen MR) is 103 cm³/mol. The van der Waals surface area contributed by atoms with E-state index in [4.69, 9.17) is 4.74 Å². The summed E-state index contributed by atoms with van der Waals surface area (Å²) in [6.45, 7) is 14.0. The Morgan fingerprint density at radius 2 is 1.72 bits per heavy atom. The van der Waals surface area contributed by atoms with Gasteiger partial charge in [-0.15, -0.1) is 0 Å². The summed E-state index contributed by atoms with van der Waals surface area (Å²) in [5.41, 5.74) is 5.62. The quantitative estimate of drug-likeness (QED) is 0.862. The largest absolute Gasteiger partial charge is 0.444 e. The molecular formula is C21H30N2O2. The summed E-state index contributed by atoms with van der Waals surface area (Å²) >= 11 is 0. The average molecular weight is 342 g/mol. The van der Waals surface area contributed by atoms with E-state index in [1.807, 2.05) is 27.7 Å². The van der Waals surface area contributed by atoms with Gasteiger partial charge in [0.2, 0.25) is 0 Å². The summed E-state index contributed by atoms with van der Waals surface area (Å²) in [7, 11) is 0. The van der Waals surface area contributed by atoms with Crippen molar-refractivity contribution in [1.29, 1.82) is 0 Å². The number of alkyl carbamates (subject to hydrolysis) is 1. The van der Waals surface area contributed by atoms with Crippen molar-refractivity contribution in [3.8, 4) is 5.69 Å². The highest BCUT2D eigenvalue weighted by Gasteiger charge is 2.18. The van der Waals surface area contributed by atoms with Gasteiger partial charge in [-0.25, -0.2) is 4.79 Å². The van der Waals surface area contributed by atoms with E-state index in [1.165, 1.54) is 28.2 Å². The van der Waals surface area contributed by atoms with Crippen molar-refractivity contribution in [1.82, 2.24) is 9.88 Å². The second-order valence-corrected chi connectivity index (χ2v) is 7.76. The fourth-order valence-electron chi connectivity index (χ4n) is 3.07. The number of benzene rings is 1. The second-order valence-electron chi connectivity index (χ2n) is 7.76. The standard InChI is InChI=1S/C21H30N2O2/c1-14(22-20(24)25-21(5,6)7)13-18-9-8-10-19(17(18)4)23-15(2)11-12-16(23)3/h8-12,14H,13H2,1-7H3,(H,22,24). The van der Waals surface area contributed by atoms with E-state index in [-0.39, 0.29) is 12.1 Å². The van der Waals surface area contributed by atoms with Crippen LogP contribution in [0.25, 0.3) is 5.69 Å². The number of nitrogens with zero attached hydrogens (tertiary/aromatic N) is 1. The molecule has 0 fully saturated rings. The number of nitrogens with one attached hydrogen (secondary N) is 1. The lowest BCUT2D eigenvalue weighted by atomic mass is 10.00. The van der Waals surface area contributed by atoms with E-state index >= 15 is 0 Å². The minimum atomic E-state index is -0.483. The molecule has 0 saturated carbocycles. The molecule has 1 N–H and O–H groups in total. The van der Waals surface area contributed by atoms with Crippen LogP contribution in [0.1, 0.15) is 50.2 Å². The smallest absolute Gasteiger partial charge is 0.407 e. The molecule has 0 spiro atoms. The van der Waals surface area contributed by atoms with Crippen LogP contribution in [-0.2, 0) is 11.2 Å². The molecule has 1 unspecified atom stereocenters. The number of ether oxygens (including phenoxy) is 1. The topological polar surface area (TPSA) is 43.3 Å². The number of carbonyl (C=O) groups is 1. The number of amides is 1. The number of rotatable bonds is 4. The monoisotopic (exact) mass is 342 g/mol. The first-order valence-electron chi connectivity index (χ1n) is 8.82. The second kappa shape index (κ2) is 7.34. The van der Waals surface area contributed by atoms with E-state index in [2.05, 4.69) is 61.0 Å². The van der Waals surface area contributed by atoms with Gasteiger partial charge in [0.05, 0.1) is 0 Å². The Kier molecular flexibility index (Phi) is 5.61. The minimum Gasteiger partial charge on any atom is -0.444 e. The van der Waals surface area contributed by atoms with Crippen LogP contribution in [0.2, 0.25) is 0 Å². The lowest BCUT2D eigenvalue weighted by molar-refractivity contribution is 0.0508. The first kappa shape index (κ1) is 19.1. The molecule has 2 rings (SSSR count). The molecule has 2 aromatic rings. The summed E-state index contributed by atoms with van der Waals surface area (Å²) in [4.78, 5) is 11.9. The van der Waals surface area contributed by atoms with Crippen LogP contribution in [0.4, 0.5) is 4.79 Å². The van der Waals surface area contributed by atoms with Gasteiger partial charge in [0, 0.05) is 23.1 Å². The molecule has 0 radical (unpaired) electrons. The van der Waals surface area contributed by atoms with E-state index in [9.17, 15) is 4.79 Å². The zero-order chi connectivity index (χ0) is 18.8. The molecular weight excluding hydrogens is 312 g/mol. The molecule has 1 aromatic heterocycles. The third kappa shape index (κ3) is 4.88. The third-order valence-corrected chi connectivity index (χ3v) is 4.22. The summed E-state index contributed by atoms with van der Waals surface area (Å²) in [6, 6.07) is 10.6. The average Bonchev–Trinajstić information content (AvgIpc) is 2.78. The summed E-state index contributed by atoms with van der Waals surface area (Å²) in [5.74, 6) is 0. The maximum absolute atomic E-state index is 11.9. The van der Waals surface area contributed by atoms with Gasteiger partial charge in [-0.1, -0.05) is 12.1 Å². The van der Waals surface area contributed by atoms with Crippen LogP contribution in [-0.4, -0.2) is 22.3 Å². The summed E-state index contributed by atoms with van der Waals surface area (Å²) in [6.07, 6.45) is 0.393. The molecule has 1 heterocycles. The molecule has 136 valence electrons. The van der Waals surface area contributed by atoms with Crippen LogP contribution in [0.3, 0.4) is 0 Å². The Morgan fingerprint density at radius 1 is 1.12 bits per heavy atom. The molecule has 1 aromatic carbocycles. The first-order valence-corrected chi connectivity index (χ1v) is 8.82. The zero-order valence-electron chi connectivity index (χ0n) is 16.4. The molecule has 4 nitrogen and oxygen atoms in total. The molecule has 0 aliphatic rings. The maximum Gasteiger partial charge on any atom is 0.407 e. The Morgan fingerprint density at radius 3 is 2.28 bits per heavy atom. The van der Waals surface area contributed by atoms with Crippen molar-refractivity contribution in [3.63, 3.8) is 0 Å². The zero-order valence-corrected chi connectivity index (χ0v) is 16.4. The van der Waals surface area contributed by atoms with Crippen LogP contribution < -0.4 is 5.32 Å². The van der Waals surface area contributed by atoms with Gasteiger partial charge in [-0.2, -0.15) is 0 Å². The number of hydrogen-bond donors (Lipinski definition) is 1. The van der Waals surface area contributed by atoms with Crippen molar-refractivity contribution in [2.45, 2.75) is 66.5 Å². The van der Waals surface area contributed by atoms with Crippen molar-refractivity contribution < 1.29 is 9.53 Å². The lowest BCUT2D eigenvalue weighted by Crippen LogP contribution is -2.38. The highest BCUT2D eigenvalue weighted by molar-refractivity contribution is 5.68. The van der Waals surface area contributed by atoms with Gasteiger partial charge in [0.15, 0.2) is 0 Å². The van der Waals surface area contributed by atoms with E-state index in [1.54, 1.807) is 0 Å². The van der Waals surface area contributed by atoms with Gasteiger partial charge in [0.25, 0.3) is 0 Å². The van der Waals surface area contributed by atoms with Crippen molar-refractivity contribution in [2.75, 3.05) is 0 Å². The third-order valence-electron chi connectivity index (χ3n) is 4.22. The van der Waals surface area contributed by atoms with Crippen LogP contribution in [0.15, 0.2) is 30.3 Å². The van der Waals surface area contributed by atoms with Gasteiger partial charge in [-0.05, 0) is 84.2 Å². The fourth-order valence-corrected chi connectivity index (χ4v) is 3.07. The molecule has 25 heavy (non-hydrogen) atoms. The summed E-state index contributed by atoms with van der Waals surface area (Å²) in [5, 5.41) is 2.92. The number of carbonyl (C=O) groups excluding carboxylic acids is 1. The Balaban J connectivity index is 2.16. The van der Waals surface area contributed by atoms with Crippen LogP contribution in [0, 0.1) is 20.8 Å².